The van der Waals surface area contributed by atoms with Crippen molar-refractivity contribution < 1.29 is 0 Å². The fourth-order valence-electron chi connectivity index (χ4n) is 2.59. The predicted octanol–water partition coefficient (Wildman–Crippen LogP) is 3.93. The number of hydrogen-bond acceptors (Lipinski definition) is 1. The molecule has 1 aromatic rings. The molecule has 0 aromatic heterocycles. The van der Waals surface area contributed by atoms with Gasteiger partial charge in [-0.15, -0.1) is 0 Å². The first-order valence-electron chi connectivity index (χ1n) is 6.22. The van der Waals surface area contributed by atoms with E-state index < -0.39 is 0 Å². The molecular formula is C14H20ClN. The maximum Gasteiger partial charge on any atom is 0.0437 e. The lowest BCUT2D eigenvalue weighted by Gasteiger charge is -2.33. The topological polar surface area (TPSA) is 26.0 Å². The Morgan fingerprint density at radius 1 is 1.12 bits per heavy atom. The third-order valence-corrected chi connectivity index (χ3v) is 4.07. The lowest BCUT2D eigenvalue weighted by atomic mass is 9.79. The van der Waals surface area contributed by atoms with Crippen LogP contribution < -0.4 is 5.73 Å². The highest BCUT2D eigenvalue weighted by molar-refractivity contribution is 6.31. The Bertz CT molecular complexity index is 342. The molecule has 0 spiro atoms. The standard InChI is InChI=1S/C14H20ClN/c15-13-7-3-2-6-12(13)8-11-14(16)9-4-1-5-10-14/h2-3,6-7H,1,4-5,8-11,16H2. The molecule has 1 nitrogen and oxygen atoms in total. The molecule has 0 aliphatic heterocycles. The minimum absolute atomic E-state index is 0.0669. The molecule has 0 heterocycles. The van der Waals surface area contributed by atoms with Crippen LogP contribution >= 0.6 is 11.6 Å². The third-order valence-electron chi connectivity index (χ3n) is 3.70. The first-order chi connectivity index (χ1) is 7.70. The quantitative estimate of drug-likeness (QED) is 0.847. The van der Waals surface area contributed by atoms with E-state index in [1.54, 1.807) is 0 Å². The van der Waals surface area contributed by atoms with E-state index in [1.807, 2.05) is 18.2 Å². The second-order valence-electron chi connectivity index (χ2n) is 5.01. The van der Waals surface area contributed by atoms with Crippen molar-refractivity contribution in [3.05, 3.63) is 34.9 Å². The highest BCUT2D eigenvalue weighted by Crippen LogP contribution is 2.30. The Labute approximate surface area is 103 Å². The van der Waals surface area contributed by atoms with Crippen molar-refractivity contribution in [2.75, 3.05) is 0 Å². The number of nitrogens with two attached hydrogens (primary N) is 1. The Kier molecular flexibility index (Phi) is 3.88. The van der Waals surface area contributed by atoms with E-state index in [1.165, 1.54) is 37.7 Å². The summed E-state index contributed by atoms with van der Waals surface area (Å²) in [5.74, 6) is 0. The van der Waals surface area contributed by atoms with Gasteiger partial charge >= 0.3 is 0 Å². The monoisotopic (exact) mass is 237 g/mol. The summed E-state index contributed by atoms with van der Waals surface area (Å²) in [7, 11) is 0. The molecule has 0 amide bonds. The van der Waals surface area contributed by atoms with Crippen LogP contribution in [0.2, 0.25) is 5.02 Å². The van der Waals surface area contributed by atoms with Crippen molar-refractivity contribution in [3.63, 3.8) is 0 Å². The van der Waals surface area contributed by atoms with Crippen molar-refractivity contribution in [1.82, 2.24) is 0 Å². The van der Waals surface area contributed by atoms with Gasteiger partial charge in [-0.1, -0.05) is 49.1 Å². The first-order valence-corrected chi connectivity index (χ1v) is 6.60. The molecule has 2 heteroatoms. The van der Waals surface area contributed by atoms with Gasteiger partial charge in [-0.25, -0.2) is 0 Å². The molecule has 0 saturated heterocycles. The molecule has 1 aromatic carbocycles. The van der Waals surface area contributed by atoms with Crippen LogP contribution in [0.25, 0.3) is 0 Å². The maximum atomic E-state index is 6.41. The average Bonchev–Trinajstić information content (AvgIpc) is 2.29. The minimum Gasteiger partial charge on any atom is -0.325 e. The molecule has 16 heavy (non-hydrogen) atoms. The summed E-state index contributed by atoms with van der Waals surface area (Å²) in [6, 6.07) is 8.09. The molecule has 88 valence electrons. The average molecular weight is 238 g/mol. The molecule has 1 fully saturated rings. The Balaban J connectivity index is 1.94. The normalized spacial score (nSPS) is 19.6. The summed E-state index contributed by atoms with van der Waals surface area (Å²) in [5, 5.41) is 0.877. The molecule has 1 aliphatic carbocycles. The smallest absolute Gasteiger partial charge is 0.0437 e. The number of benzene rings is 1. The van der Waals surface area contributed by atoms with Crippen LogP contribution in [0.3, 0.4) is 0 Å². The molecule has 1 saturated carbocycles. The van der Waals surface area contributed by atoms with Crippen molar-refractivity contribution in [1.29, 1.82) is 0 Å². The van der Waals surface area contributed by atoms with Gasteiger partial charge in [-0.2, -0.15) is 0 Å². The van der Waals surface area contributed by atoms with E-state index in [0.29, 0.717) is 0 Å². The Morgan fingerprint density at radius 2 is 1.81 bits per heavy atom. The highest BCUT2D eigenvalue weighted by atomic mass is 35.5. The summed E-state index contributed by atoms with van der Waals surface area (Å²) in [6.45, 7) is 0. The fraction of sp³-hybridized carbons (Fsp3) is 0.571. The lowest BCUT2D eigenvalue weighted by Crippen LogP contribution is -2.42. The van der Waals surface area contributed by atoms with Gasteiger partial charge in [0.05, 0.1) is 0 Å². The van der Waals surface area contributed by atoms with Crippen molar-refractivity contribution >= 4 is 11.6 Å². The van der Waals surface area contributed by atoms with Crippen LogP contribution in [-0.4, -0.2) is 5.54 Å². The second-order valence-corrected chi connectivity index (χ2v) is 5.42. The molecule has 0 atom stereocenters. The van der Waals surface area contributed by atoms with Crippen molar-refractivity contribution in [2.24, 2.45) is 5.73 Å². The summed E-state index contributed by atoms with van der Waals surface area (Å²) >= 11 is 6.15. The van der Waals surface area contributed by atoms with Crippen LogP contribution in [0.4, 0.5) is 0 Å². The van der Waals surface area contributed by atoms with Gasteiger partial charge in [0.2, 0.25) is 0 Å². The highest BCUT2D eigenvalue weighted by Gasteiger charge is 2.26. The molecular weight excluding hydrogens is 218 g/mol. The van der Waals surface area contributed by atoms with Gasteiger partial charge in [-0.05, 0) is 37.3 Å². The van der Waals surface area contributed by atoms with Gasteiger partial charge < -0.3 is 5.73 Å². The van der Waals surface area contributed by atoms with Crippen molar-refractivity contribution in [3.8, 4) is 0 Å². The molecule has 0 unspecified atom stereocenters. The summed E-state index contributed by atoms with van der Waals surface area (Å²) < 4.78 is 0. The number of hydrogen-bond donors (Lipinski definition) is 1. The minimum atomic E-state index is 0.0669. The zero-order chi connectivity index (χ0) is 11.4. The summed E-state index contributed by atoms with van der Waals surface area (Å²) in [4.78, 5) is 0. The molecule has 0 bridgehead atoms. The number of halogens is 1. The summed E-state index contributed by atoms with van der Waals surface area (Å²) in [5.41, 5.74) is 7.72. The van der Waals surface area contributed by atoms with Gasteiger partial charge in [0.25, 0.3) is 0 Å². The van der Waals surface area contributed by atoms with E-state index in [-0.39, 0.29) is 5.54 Å². The Morgan fingerprint density at radius 3 is 2.50 bits per heavy atom. The number of rotatable bonds is 3. The maximum absolute atomic E-state index is 6.41. The SMILES string of the molecule is NC1(CCc2ccccc2Cl)CCCCC1. The van der Waals surface area contributed by atoms with Crippen LogP contribution in [0.15, 0.2) is 24.3 Å². The predicted molar refractivity (Wildman–Crippen MR) is 69.8 cm³/mol. The zero-order valence-corrected chi connectivity index (χ0v) is 10.5. The van der Waals surface area contributed by atoms with E-state index in [0.717, 1.165) is 17.9 Å². The van der Waals surface area contributed by atoms with Crippen LogP contribution in [0.1, 0.15) is 44.1 Å². The van der Waals surface area contributed by atoms with Crippen molar-refractivity contribution in [2.45, 2.75) is 50.5 Å². The van der Waals surface area contributed by atoms with E-state index in [9.17, 15) is 0 Å². The lowest BCUT2D eigenvalue weighted by molar-refractivity contribution is 0.278. The second kappa shape index (κ2) is 5.20. The van der Waals surface area contributed by atoms with Crippen LogP contribution in [-0.2, 0) is 6.42 Å². The molecule has 2 rings (SSSR count). The molecule has 1 aliphatic rings. The van der Waals surface area contributed by atoms with E-state index in [2.05, 4.69) is 6.07 Å². The largest absolute Gasteiger partial charge is 0.325 e. The van der Waals surface area contributed by atoms with Gasteiger partial charge in [-0.3, -0.25) is 0 Å². The van der Waals surface area contributed by atoms with E-state index in [4.69, 9.17) is 17.3 Å². The third kappa shape index (κ3) is 2.99. The van der Waals surface area contributed by atoms with E-state index >= 15 is 0 Å². The summed E-state index contributed by atoms with van der Waals surface area (Å²) in [6.07, 6.45) is 8.37. The molecule has 0 radical (unpaired) electrons. The fourth-order valence-corrected chi connectivity index (χ4v) is 2.82. The zero-order valence-electron chi connectivity index (χ0n) is 9.71. The molecule has 2 N–H and O–H groups in total. The Hall–Kier alpha value is -0.530. The van der Waals surface area contributed by atoms with Crippen LogP contribution in [0, 0.1) is 0 Å². The number of aryl methyl sites for hydroxylation is 1. The van der Waals surface area contributed by atoms with Gasteiger partial charge in [0.1, 0.15) is 0 Å². The van der Waals surface area contributed by atoms with Gasteiger partial charge in [0.15, 0.2) is 0 Å². The van der Waals surface area contributed by atoms with Crippen LogP contribution in [0.5, 0.6) is 0 Å². The first kappa shape index (κ1) is 11.9. The van der Waals surface area contributed by atoms with Gasteiger partial charge in [0, 0.05) is 10.6 Å².